The third-order valence-electron chi connectivity index (χ3n) is 17.6. The number of piperazine rings is 3. The van der Waals surface area contributed by atoms with E-state index in [1.807, 2.05) is 88.3 Å². The van der Waals surface area contributed by atoms with Crippen molar-refractivity contribution in [2.45, 2.75) is 153 Å². The first kappa shape index (κ1) is 61.9. The van der Waals surface area contributed by atoms with E-state index in [4.69, 9.17) is 14.6 Å². The minimum absolute atomic E-state index is 0. The number of sulfone groups is 1. The van der Waals surface area contributed by atoms with Crippen molar-refractivity contribution in [3.05, 3.63) is 113 Å². The van der Waals surface area contributed by atoms with Gasteiger partial charge < -0.3 is 56.8 Å². The van der Waals surface area contributed by atoms with E-state index in [2.05, 4.69) is 49.1 Å². The van der Waals surface area contributed by atoms with Crippen LogP contribution in [0.3, 0.4) is 0 Å². The maximum atomic E-state index is 14.0. The number of aliphatic hydroxyl groups excluding tert-OH is 4. The van der Waals surface area contributed by atoms with Crippen molar-refractivity contribution in [2.24, 2.45) is 29.1 Å². The summed E-state index contributed by atoms with van der Waals surface area (Å²) in [4.78, 5) is 28.0. The molecular weight excluding hydrogens is 1020 g/mol. The Hall–Kier alpha value is -4.32. The highest BCUT2D eigenvalue weighted by Crippen LogP contribution is 2.50. The lowest BCUT2D eigenvalue weighted by Crippen LogP contribution is -3.00. The number of halogens is 1. The van der Waals surface area contributed by atoms with E-state index in [1.54, 1.807) is 6.07 Å². The molecule has 0 aromatic heterocycles. The number of esters is 1. The molecule has 3 saturated heterocycles. The van der Waals surface area contributed by atoms with Gasteiger partial charge in [0, 0.05) is 68.7 Å². The number of carbonyl (C=O) groups excluding carboxylic acids is 1. The normalized spacial score (nSPS) is 29.1. The Bertz CT molecular complexity index is 2590. The maximum Gasteiger partial charge on any atom is 0.308 e. The summed E-state index contributed by atoms with van der Waals surface area (Å²) in [6.45, 7) is 18.9. The first-order chi connectivity index (χ1) is 36.2. The SMILES string of the molecule is CCCCC1(CC)CS(=O)(=O)c2ccc(N(C)C)cc2[C@@H](c2cccc(OCc3ccc(C[N+]45CCN(CC4)CC5)cc3)c2)[C@H]1O.CC[C@H](C)C(=O)O[C@H]1C[C@H](O)C=C2C=C[C@H](C)[C@H](CC[C@@H](O)C[C@@H](O)CC(=O)O)[C@H]21.[Cl-]. The Kier molecular flexibility index (Phi) is 21.9. The number of ether oxygens (including phenoxy) is 2. The molecule has 4 heterocycles. The van der Waals surface area contributed by atoms with E-state index in [-0.39, 0.29) is 60.6 Å². The number of anilines is 1. The zero-order valence-corrected chi connectivity index (χ0v) is 48.2. The van der Waals surface area contributed by atoms with E-state index in [1.165, 1.54) is 49.3 Å². The predicted molar refractivity (Wildman–Crippen MR) is 297 cm³/mol. The third kappa shape index (κ3) is 15.3. The molecule has 0 radical (unpaired) electrons. The third-order valence-corrected chi connectivity index (χ3v) is 19.6. The van der Waals surface area contributed by atoms with E-state index < -0.39 is 57.7 Å². The van der Waals surface area contributed by atoms with Gasteiger partial charge in [-0.1, -0.05) is 102 Å². The van der Waals surface area contributed by atoms with Crippen molar-refractivity contribution in [3.63, 3.8) is 0 Å². The van der Waals surface area contributed by atoms with Crippen LogP contribution < -0.4 is 22.0 Å². The molecule has 1 unspecified atom stereocenters. The Morgan fingerprint density at radius 2 is 1.62 bits per heavy atom. The standard InChI is InChI=1S/C38H52N3O4S.C23H36O7.ClH/c1-5-7-17-38(6-2)28-46(43,44)35-16-15-32(39(3)4)25-34(35)36(37(38)42)31-9-8-10-33(24-31)45-27-30-13-11-29(12-14-30)26-41-21-18-40(19-22-41)20-23-41;1-4-13(2)23(29)30-20-11-17(25)9-15-6-5-14(3)19(22(15)20)8-7-16(24)10-18(26)12-21(27)28;/h8-16,24-25,36-37,42H,5-7,17-23,26-28H2,1-4H3;5-6,9,13-14,16-20,22,24-26H,4,7-8,10-12H2,1-3H3,(H,27,28);1H/q+1;;/p-1/t36-,37-,38?;13-,14-,16+,17+,18+,19-,20-,22-;/m10./s1. The van der Waals surface area contributed by atoms with Crippen LogP contribution in [0.25, 0.3) is 0 Å². The number of rotatable bonds is 21. The van der Waals surface area contributed by atoms with Gasteiger partial charge in [0.1, 0.15) is 25.0 Å². The van der Waals surface area contributed by atoms with Crippen LogP contribution in [-0.4, -0.2) is 145 Å². The number of fused-ring (bicyclic) bond motifs is 5. The first-order valence-electron chi connectivity index (χ1n) is 28.2. The number of aliphatic carboxylic acids is 1. The van der Waals surface area contributed by atoms with Gasteiger partial charge in [0.2, 0.25) is 0 Å². The number of hydrogen-bond donors (Lipinski definition) is 5. The van der Waals surface area contributed by atoms with Crippen LogP contribution in [0.1, 0.15) is 127 Å². The molecule has 3 aromatic rings. The Balaban J connectivity index is 0.000000270. The number of nitrogens with zero attached hydrogens (tertiary/aromatic N) is 3. The van der Waals surface area contributed by atoms with Crippen LogP contribution in [0.4, 0.5) is 5.69 Å². The number of carboxylic acid groups (broad SMARTS) is 1. The average molecular weight is 1110 g/mol. The second-order valence-corrected chi connectivity index (χ2v) is 25.1. The fourth-order valence-corrected chi connectivity index (χ4v) is 14.8. The summed E-state index contributed by atoms with van der Waals surface area (Å²) in [7, 11) is 0.274. The van der Waals surface area contributed by atoms with Crippen molar-refractivity contribution < 1.29 is 69.9 Å². The molecule has 2 aliphatic carbocycles. The fraction of sp³-hybridized carbons (Fsp3) is 0.607. The highest BCUT2D eigenvalue weighted by atomic mass is 35.5. The van der Waals surface area contributed by atoms with E-state index in [9.17, 15) is 38.4 Å². The summed E-state index contributed by atoms with van der Waals surface area (Å²) in [5.74, 6) is -1.15. The van der Waals surface area contributed by atoms with Crippen LogP contribution in [0, 0.1) is 29.1 Å². The molecule has 14 nitrogen and oxygen atoms in total. The van der Waals surface area contributed by atoms with Gasteiger partial charge in [-0.2, -0.15) is 0 Å². The van der Waals surface area contributed by atoms with Crippen molar-refractivity contribution in [2.75, 3.05) is 64.0 Å². The van der Waals surface area contributed by atoms with Crippen molar-refractivity contribution in [1.82, 2.24) is 4.90 Å². The molecule has 2 bridgehead atoms. The molecule has 0 saturated carbocycles. The molecule has 6 aliphatic rings. The smallest absolute Gasteiger partial charge is 0.308 e. The van der Waals surface area contributed by atoms with Crippen LogP contribution in [0.2, 0.25) is 0 Å². The number of aliphatic hydroxyl groups is 4. The zero-order chi connectivity index (χ0) is 55.0. The van der Waals surface area contributed by atoms with E-state index in [0.29, 0.717) is 61.3 Å². The molecule has 3 aromatic carbocycles. The number of carbonyl (C=O) groups is 2. The summed E-state index contributed by atoms with van der Waals surface area (Å²) < 4.78 is 41.4. The molecular formula is C61H88ClN3O11S. The quantitative estimate of drug-likeness (QED) is 0.0684. The molecule has 9 rings (SSSR count). The lowest BCUT2D eigenvalue weighted by atomic mass is 9.66. The van der Waals surface area contributed by atoms with Gasteiger partial charge in [-0.3, -0.25) is 14.5 Å². The summed E-state index contributed by atoms with van der Waals surface area (Å²) >= 11 is 0. The summed E-state index contributed by atoms with van der Waals surface area (Å²) in [5.41, 5.74) is 5.16. The summed E-state index contributed by atoms with van der Waals surface area (Å²) in [6.07, 6.45) is 6.83. The number of quaternary nitrogens is 1. The van der Waals surface area contributed by atoms with Crippen LogP contribution in [-0.2, 0) is 37.3 Å². The van der Waals surface area contributed by atoms with Gasteiger partial charge >= 0.3 is 11.9 Å². The summed E-state index contributed by atoms with van der Waals surface area (Å²) in [5, 5.41) is 51.4. The van der Waals surface area contributed by atoms with Crippen LogP contribution in [0.5, 0.6) is 5.75 Å². The molecule has 0 spiro atoms. The first-order valence-corrected chi connectivity index (χ1v) is 29.8. The number of hydrogen-bond acceptors (Lipinski definition) is 12. The Labute approximate surface area is 465 Å². The van der Waals surface area contributed by atoms with Gasteiger partial charge in [-0.25, -0.2) is 8.42 Å². The number of benzene rings is 3. The van der Waals surface area contributed by atoms with Crippen molar-refractivity contribution in [1.29, 1.82) is 0 Å². The van der Waals surface area contributed by atoms with Gasteiger partial charge in [0.25, 0.3) is 0 Å². The molecule has 16 heteroatoms. The number of allylic oxidation sites excluding steroid dienone is 2. The molecule has 4 aliphatic heterocycles. The molecule has 426 valence electrons. The second-order valence-electron chi connectivity index (χ2n) is 23.2. The van der Waals surface area contributed by atoms with Gasteiger partial charge in [0.15, 0.2) is 9.84 Å². The van der Waals surface area contributed by atoms with Gasteiger partial charge in [-0.15, -0.1) is 0 Å². The minimum Gasteiger partial charge on any atom is -1.00 e. The number of carboxylic acids is 1. The molecule has 11 atom stereocenters. The minimum atomic E-state index is -3.63. The van der Waals surface area contributed by atoms with Crippen molar-refractivity contribution in [3.8, 4) is 5.75 Å². The lowest BCUT2D eigenvalue weighted by Gasteiger charge is -2.50. The van der Waals surface area contributed by atoms with Gasteiger partial charge in [0.05, 0.1) is 67.0 Å². The lowest BCUT2D eigenvalue weighted by molar-refractivity contribution is -0.953. The zero-order valence-electron chi connectivity index (χ0n) is 46.6. The van der Waals surface area contributed by atoms with Crippen LogP contribution >= 0.6 is 0 Å². The average Bonchev–Trinajstić information content (AvgIpc) is 3.53. The summed E-state index contributed by atoms with van der Waals surface area (Å²) in [6, 6.07) is 22.3. The highest BCUT2D eigenvalue weighted by molar-refractivity contribution is 7.91. The second kappa shape index (κ2) is 27.2. The van der Waals surface area contributed by atoms with Crippen LogP contribution in [0.15, 0.2) is 95.4 Å². The number of unbranched alkanes of at least 4 members (excludes halogenated alkanes) is 1. The fourth-order valence-electron chi connectivity index (χ4n) is 12.6. The molecule has 5 N–H and O–H groups in total. The Morgan fingerprint density at radius 3 is 2.26 bits per heavy atom. The van der Waals surface area contributed by atoms with Crippen molar-refractivity contribution >= 4 is 27.5 Å². The van der Waals surface area contributed by atoms with E-state index in [0.717, 1.165) is 41.8 Å². The topological polar surface area (TPSA) is 194 Å². The monoisotopic (exact) mass is 1110 g/mol. The molecule has 3 fully saturated rings. The highest BCUT2D eigenvalue weighted by Gasteiger charge is 2.49. The molecule has 0 amide bonds. The maximum absolute atomic E-state index is 14.0. The van der Waals surface area contributed by atoms with E-state index >= 15 is 0 Å². The Morgan fingerprint density at radius 1 is 0.935 bits per heavy atom. The predicted octanol–water partition coefficient (Wildman–Crippen LogP) is 5.29. The van der Waals surface area contributed by atoms with Gasteiger partial charge in [-0.05, 0) is 103 Å². The largest absolute Gasteiger partial charge is 1.00 e. The molecule has 77 heavy (non-hydrogen) atoms.